The Morgan fingerprint density at radius 1 is 0.963 bits per heavy atom. The van der Waals surface area contributed by atoms with E-state index in [4.69, 9.17) is 18.9 Å². The second-order valence-electron chi connectivity index (χ2n) is 5.20. The molecular weight excluding hydrogens is 372 g/mol. The van der Waals surface area contributed by atoms with Crippen molar-refractivity contribution < 1.29 is 27.4 Å². The molecule has 1 N–H and O–H groups in total. The van der Waals surface area contributed by atoms with Crippen LogP contribution in [-0.4, -0.2) is 42.6 Å². The highest BCUT2D eigenvalue weighted by Gasteiger charge is 2.14. The zero-order valence-electron chi connectivity index (χ0n) is 15.6. The molecule has 0 aliphatic rings. The monoisotopic (exact) mass is 394 g/mol. The number of rotatable bonds is 9. The lowest BCUT2D eigenvalue weighted by Crippen LogP contribution is -2.18. The summed E-state index contributed by atoms with van der Waals surface area (Å²) in [5.41, 5.74) is 0.468. The topological polar surface area (TPSA) is 95.5 Å². The molecule has 2 rings (SSSR count). The molecular formula is C18H22N2O6S. The van der Waals surface area contributed by atoms with Gasteiger partial charge in [0.25, 0.3) is 10.0 Å². The lowest BCUT2D eigenvalue weighted by Gasteiger charge is -2.12. The lowest BCUT2D eigenvalue weighted by molar-refractivity contribution is 0.340. The molecule has 27 heavy (non-hydrogen) atoms. The van der Waals surface area contributed by atoms with E-state index >= 15 is 0 Å². The molecule has 0 heterocycles. The van der Waals surface area contributed by atoms with Crippen LogP contribution in [0.1, 0.15) is 12.5 Å². The Morgan fingerprint density at radius 3 is 2.04 bits per heavy atom. The van der Waals surface area contributed by atoms with Crippen molar-refractivity contribution in [2.45, 2.75) is 11.8 Å². The second kappa shape index (κ2) is 9.13. The number of hydrogen-bond acceptors (Lipinski definition) is 7. The average Bonchev–Trinajstić information content (AvgIpc) is 2.68. The summed E-state index contributed by atoms with van der Waals surface area (Å²) in [5, 5.41) is 3.83. The van der Waals surface area contributed by atoms with Crippen molar-refractivity contribution in [2.24, 2.45) is 5.10 Å². The Kier molecular flexibility index (Phi) is 6.89. The third kappa shape index (κ3) is 5.04. The molecule has 0 spiro atoms. The van der Waals surface area contributed by atoms with Crippen LogP contribution in [0.3, 0.4) is 0 Å². The van der Waals surface area contributed by atoms with Crippen LogP contribution in [0.15, 0.2) is 46.4 Å². The van der Waals surface area contributed by atoms with Gasteiger partial charge >= 0.3 is 0 Å². The third-order valence-corrected chi connectivity index (χ3v) is 4.80. The Balaban J connectivity index is 2.23. The normalized spacial score (nSPS) is 11.3. The molecule has 0 radical (unpaired) electrons. The zero-order chi connectivity index (χ0) is 19.9. The first-order valence-corrected chi connectivity index (χ1v) is 9.51. The predicted octanol–water partition coefficient (Wildman–Crippen LogP) is 2.42. The van der Waals surface area contributed by atoms with Gasteiger partial charge in [0.15, 0.2) is 0 Å². The molecule has 9 heteroatoms. The van der Waals surface area contributed by atoms with Crippen LogP contribution >= 0.6 is 0 Å². The van der Waals surface area contributed by atoms with Crippen LogP contribution in [0.4, 0.5) is 0 Å². The van der Waals surface area contributed by atoms with Crippen LogP contribution in [-0.2, 0) is 10.0 Å². The molecule has 0 amide bonds. The van der Waals surface area contributed by atoms with E-state index in [9.17, 15) is 8.42 Å². The number of ether oxygens (including phenoxy) is 4. The Bertz CT molecular complexity index is 870. The summed E-state index contributed by atoms with van der Waals surface area (Å²) in [7, 11) is 0.660. The SMILES string of the molecule is CCOc1ccc(S(=O)(=O)N/N=C/c2c(OC)cc(OC)cc2OC)cc1. The van der Waals surface area contributed by atoms with Gasteiger partial charge in [-0.3, -0.25) is 0 Å². The first-order chi connectivity index (χ1) is 12.9. The van der Waals surface area contributed by atoms with Crippen molar-refractivity contribution in [1.29, 1.82) is 0 Å². The number of benzene rings is 2. The largest absolute Gasteiger partial charge is 0.496 e. The fourth-order valence-electron chi connectivity index (χ4n) is 2.25. The number of sulfonamides is 1. The van der Waals surface area contributed by atoms with E-state index in [0.717, 1.165) is 0 Å². The maximum Gasteiger partial charge on any atom is 0.276 e. The maximum atomic E-state index is 12.4. The smallest absolute Gasteiger partial charge is 0.276 e. The van der Waals surface area contributed by atoms with Crippen LogP contribution in [0, 0.1) is 0 Å². The first-order valence-electron chi connectivity index (χ1n) is 8.03. The summed E-state index contributed by atoms with van der Waals surface area (Å²) in [5.74, 6) is 1.98. The first kappa shape index (κ1) is 20.4. The Morgan fingerprint density at radius 2 is 1.56 bits per heavy atom. The third-order valence-electron chi connectivity index (χ3n) is 3.56. The van der Waals surface area contributed by atoms with Crippen molar-refractivity contribution in [1.82, 2.24) is 4.83 Å². The van der Waals surface area contributed by atoms with Crippen LogP contribution < -0.4 is 23.8 Å². The van der Waals surface area contributed by atoms with Crippen molar-refractivity contribution in [3.63, 3.8) is 0 Å². The molecule has 2 aromatic carbocycles. The summed E-state index contributed by atoms with van der Waals surface area (Å²) in [6, 6.07) is 9.33. The van der Waals surface area contributed by atoms with Gasteiger partial charge in [0.2, 0.25) is 0 Å². The fourth-order valence-corrected chi connectivity index (χ4v) is 3.05. The molecule has 0 fully saturated rings. The van der Waals surface area contributed by atoms with Gasteiger partial charge in [-0.05, 0) is 31.2 Å². The van der Waals surface area contributed by atoms with Crippen LogP contribution in [0.25, 0.3) is 0 Å². The van der Waals surface area contributed by atoms with E-state index < -0.39 is 10.0 Å². The van der Waals surface area contributed by atoms with Gasteiger partial charge < -0.3 is 18.9 Å². The number of methoxy groups -OCH3 is 3. The number of hydrogen-bond donors (Lipinski definition) is 1. The second-order valence-corrected chi connectivity index (χ2v) is 6.86. The van der Waals surface area contributed by atoms with Gasteiger partial charge in [-0.15, -0.1) is 0 Å². The summed E-state index contributed by atoms with van der Waals surface area (Å²) >= 11 is 0. The van der Waals surface area contributed by atoms with Gasteiger partial charge in [0.1, 0.15) is 23.0 Å². The van der Waals surface area contributed by atoms with E-state index in [1.807, 2.05) is 6.92 Å². The maximum absolute atomic E-state index is 12.4. The van der Waals surface area contributed by atoms with E-state index in [0.29, 0.717) is 35.2 Å². The molecule has 146 valence electrons. The highest BCUT2D eigenvalue weighted by atomic mass is 32.2. The van der Waals surface area contributed by atoms with E-state index in [1.165, 1.54) is 39.7 Å². The highest BCUT2D eigenvalue weighted by molar-refractivity contribution is 7.89. The molecule has 0 saturated heterocycles. The van der Waals surface area contributed by atoms with Crippen LogP contribution in [0.2, 0.25) is 0 Å². The Labute approximate surface area is 158 Å². The quantitative estimate of drug-likeness (QED) is 0.518. The minimum absolute atomic E-state index is 0.0664. The molecule has 0 unspecified atom stereocenters. The minimum Gasteiger partial charge on any atom is -0.496 e. The highest BCUT2D eigenvalue weighted by Crippen LogP contribution is 2.32. The molecule has 0 atom stereocenters. The number of nitrogens with zero attached hydrogens (tertiary/aromatic N) is 1. The van der Waals surface area contributed by atoms with Crippen LogP contribution in [0.5, 0.6) is 23.0 Å². The molecule has 0 bridgehead atoms. The zero-order valence-corrected chi connectivity index (χ0v) is 16.4. The van der Waals surface area contributed by atoms with Gasteiger partial charge in [-0.25, -0.2) is 4.83 Å². The molecule has 0 aliphatic heterocycles. The molecule has 0 saturated carbocycles. The number of nitrogens with one attached hydrogen (secondary N) is 1. The molecule has 8 nitrogen and oxygen atoms in total. The van der Waals surface area contributed by atoms with E-state index in [-0.39, 0.29) is 4.90 Å². The van der Waals surface area contributed by atoms with Gasteiger partial charge in [-0.1, -0.05) is 0 Å². The van der Waals surface area contributed by atoms with E-state index in [2.05, 4.69) is 9.93 Å². The van der Waals surface area contributed by atoms with Gasteiger partial charge in [0.05, 0.1) is 44.6 Å². The van der Waals surface area contributed by atoms with Crippen molar-refractivity contribution in [3.05, 3.63) is 42.0 Å². The molecule has 0 aromatic heterocycles. The summed E-state index contributed by atoms with van der Waals surface area (Å²) in [6.07, 6.45) is 1.31. The molecule has 0 aliphatic carbocycles. The van der Waals surface area contributed by atoms with Gasteiger partial charge in [-0.2, -0.15) is 13.5 Å². The summed E-state index contributed by atoms with van der Waals surface area (Å²) in [4.78, 5) is 2.23. The van der Waals surface area contributed by atoms with Gasteiger partial charge in [0, 0.05) is 12.1 Å². The standard InChI is InChI=1S/C18H22N2O6S/c1-5-26-13-6-8-15(9-7-13)27(21,22)20-19-12-16-17(24-3)10-14(23-2)11-18(16)25-4/h6-12,20H,5H2,1-4H3/b19-12+. The minimum atomic E-state index is -3.82. The van der Waals surface area contributed by atoms with Crippen molar-refractivity contribution in [3.8, 4) is 23.0 Å². The summed E-state index contributed by atoms with van der Waals surface area (Å²) in [6.45, 7) is 2.35. The fraction of sp³-hybridized carbons (Fsp3) is 0.278. The average molecular weight is 394 g/mol. The Hall–Kier alpha value is -2.94. The van der Waals surface area contributed by atoms with E-state index in [1.54, 1.807) is 24.3 Å². The summed E-state index contributed by atoms with van der Waals surface area (Å²) < 4.78 is 45.8. The van der Waals surface area contributed by atoms with Crippen molar-refractivity contribution in [2.75, 3.05) is 27.9 Å². The number of hydrazone groups is 1. The van der Waals surface area contributed by atoms with Crippen molar-refractivity contribution >= 4 is 16.2 Å². The predicted molar refractivity (Wildman–Crippen MR) is 102 cm³/mol. The lowest BCUT2D eigenvalue weighted by atomic mass is 10.2. The molecule has 2 aromatic rings.